The molecule has 0 unspecified atom stereocenters. The lowest BCUT2D eigenvalue weighted by Gasteiger charge is -2.28. The van der Waals surface area contributed by atoms with Crippen LogP contribution < -0.4 is 13.8 Å². The molecule has 29 heavy (non-hydrogen) atoms. The Hall–Kier alpha value is -3.03. The number of nitrogens with zero attached hydrogens (tertiary/aromatic N) is 1. The van der Waals surface area contributed by atoms with Gasteiger partial charge in [-0.2, -0.15) is 0 Å². The number of ether oxygens (including phenoxy) is 2. The van der Waals surface area contributed by atoms with Crippen molar-refractivity contribution < 1.29 is 23.0 Å². The first-order chi connectivity index (χ1) is 14.0. The second kappa shape index (κ2) is 9.45. The summed E-state index contributed by atoms with van der Waals surface area (Å²) >= 11 is 0. The van der Waals surface area contributed by atoms with Gasteiger partial charge in [0.15, 0.2) is 0 Å². The molecule has 0 fully saturated rings. The number of hydrogen-bond donors (Lipinski definition) is 1. The lowest BCUT2D eigenvalue weighted by atomic mass is 10.2. The molecule has 0 radical (unpaired) electrons. The van der Waals surface area contributed by atoms with E-state index < -0.39 is 16.1 Å². The van der Waals surface area contributed by atoms with E-state index in [1.165, 1.54) is 19.2 Å². The third-order valence-electron chi connectivity index (χ3n) is 4.25. The summed E-state index contributed by atoms with van der Waals surface area (Å²) in [6.45, 7) is -0.246. The summed E-state index contributed by atoms with van der Waals surface area (Å²) in [5.41, 5.74) is 0.345. The smallest absolute Gasteiger partial charge is 0.264 e. The molecule has 0 saturated carbocycles. The molecule has 1 N–H and O–H groups in total. The lowest BCUT2D eigenvalue weighted by Crippen LogP contribution is -2.40. The predicted octanol–water partition coefficient (Wildman–Crippen LogP) is 3.33. The van der Waals surface area contributed by atoms with Gasteiger partial charge < -0.3 is 14.6 Å². The number of aliphatic hydroxyl groups is 1. The Balaban J connectivity index is 1.89. The highest BCUT2D eigenvalue weighted by atomic mass is 32.2. The van der Waals surface area contributed by atoms with E-state index in [0.717, 1.165) is 4.31 Å². The molecule has 0 spiro atoms. The monoisotopic (exact) mass is 413 g/mol. The number of anilines is 1. The van der Waals surface area contributed by atoms with Gasteiger partial charge in [-0.15, -0.1) is 0 Å². The molecule has 0 heterocycles. The van der Waals surface area contributed by atoms with Crippen molar-refractivity contribution in [1.29, 1.82) is 0 Å². The highest BCUT2D eigenvalue weighted by Crippen LogP contribution is 2.32. The Kier molecular flexibility index (Phi) is 6.74. The van der Waals surface area contributed by atoms with Crippen LogP contribution in [0.4, 0.5) is 5.69 Å². The first-order valence-electron chi connectivity index (χ1n) is 9.09. The first-order valence-corrected chi connectivity index (χ1v) is 10.5. The van der Waals surface area contributed by atoms with Crippen LogP contribution in [-0.4, -0.2) is 39.9 Å². The maximum Gasteiger partial charge on any atom is 0.264 e. The third kappa shape index (κ3) is 5.07. The highest BCUT2D eigenvalue weighted by Gasteiger charge is 2.29. The van der Waals surface area contributed by atoms with Crippen LogP contribution in [0, 0.1) is 0 Å². The van der Waals surface area contributed by atoms with Gasteiger partial charge in [-0.1, -0.05) is 48.5 Å². The Bertz CT molecular complexity index is 1010. The van der Waals surface area contributed by atoms with Crippen LogP contribution in [0.3, 0.4) is 0 Å². The van der Waals surface area contributed by atoms with E-state index in [0.29, 0.717) is 17.2 Å². The van der Waals surface area contributed by atoms with Crippen LogP contribution in [0.15, 0.2) is 89.8 Å². The molecule has 7 heteroatoms. The molecule has 0 amide bonds. The van der Waals surface area contributed by atoms with E-state index in [4.69, 9.17) is 9.47 Å². The van der Waals surface area contributed by atoms with E-state index in [2.05, 4.69) is 0 Å². The number of hydrogen-bond acceptors (Lipinski definition) is 5. The number of para-hydroxylation sites is 3. The molecule has 0 aromatic heterocycles. The van der Waals surface area contributed by atoms with Crippen molar-refractivity contribution in [2.75, 3.05) is 24.6 Å². The second-order valence-electron chi connectivity index (χ2n) is 6.30. The Morgan fingerprint density at radius 2 is 1.48 bits per heavy atom. The Morgan fingerprint density at radius 3 is 2.14 bits per heavy atom. The molecule has 3 aromatic rings. The van der Waals surface area contributed by atoms with Crippen LogP contribution in [0.25, 0.3) is 0 Å². The Morgan fingerprint density at radius 1 is 0.897 bits per heavy atom. The molecule has 3 rings (SSSR count). The summed E-state index contributed by atoms with van der Waals surface area (Å²) in [6, 6.07) is 23.9. The van der Waals surface area contributed by atoms with Gasteiger partial charge in [-0.25, -0.2) is 8.42 Å². The van der Waals surface area contributed by atoms with Crippen LogP contribution in [-0.2, 0) is 10.0 Å². The van der Waals surface area contributed by atoms with Gasteiger partial charge in [0, 0.05) is 0 Å². The zero-order valence-electron chi connectivity index (χ0n) is 16.0. The number of aliphatic hydroxyl groups excluding tert-OH is 1. The molecule has 0 bridgehead atoms. The fraction of sp³-hybridized carbons (Fsp3) is 0.182. The van der Waals surface area contributed by atoms with Crippen molar-refractivity contribution in [3.8, 4) is 11.5 Å². The molecular weight excluding hydrogens is 390 g/mol. The van der Waals surface area contributed by atoms with Gasteiger partial charge in [0.05, 0.1) is 24.2 Å². The van der Waals surface area contributed by atoms with Gasteiger partial charge in [-0.3, -0.25) is 4.31 Å². The maximum atomic E-state index is 13.3. The van der Waals surface area contributed by atoms with E-state index in [9.17, 15) is 13.5 Å². The molecular formula is C22H23NO5S. The summed E-state index contributed by atoms with van der Waals surface area (Å²) in [5.74, 6) is 0.990. The fourth-order valence-corrected chi connectivity index (χ4v) is 4.37. The quantitative estimate of drug-likeness (QED) is 0.582. The Labute approximate surface area is 171 Å². The van der Waals surface area contributed by atoms with Crippen molar-refractivity contribution in [2.45, 2.75) is 11.0 Å². The standard InChI is InChI=1S/C22H23NO5S/c1-27-22-15-9-8-14-21(22)23(29(25,26)20-12-6-3-7-13-20)16-18(24)17-28-19-10-4-2-5-11-19/h2-15,18,24H,16-17H2,1H3/t18-/m1/s1. The number of sulfonamides is 1. The van der Waals surface area contributed by atoms with Crippen molar-refractivity contribution in [3.05, 3.63) is 84.9 Å². The molecule has 0 aliphatic rings. The molecule has 1 atom stereocenters. The van der Waals surface area contributed by atoms with Gasteiger partial charge >= 0.3 is 0 Å². The third-order valence-corrected chi connectivity index (χ3v) is 6.04. The van der Waals surface area contributed by atoms with Gasteiger partial charge in [0.1, 0.15) is 24.2 Å². The minimum atomic E-state index is -3.93. The highest BCUT2D eigenvalue weighted by molar-refractivity contribution is 7.92. The van der Waals surface area contributed by atoms with E-state index >= 15 is 0 Å². The maximum absolute atomic E-state index is 13.3. The number of rotatable bonds is 9. The number of benzene rings is 3. The fourth-order valence-electron chi connectivity index (χ4n) is 2.83. The van der Waals surface area contributed by atoms with E-state index in [-0.39, 0.29) is 18.0 Å². The summed E-state index contributed by atoms with van der Waals surface area (Å²) in [5, 5.41) is 10.5. The van der Waals surface area contributed by atoms with Crippen LogP contribution >= 0.6 is 0 Å². The molecule has 0 saturated heterocycles. The van der Waals surface area contributed by atoms with Crippen LogP contribution in [0.5, 0.6) is 11.5 Å². The topological polar surface area (TPSA) is 76.1 Å². The minimum Gasteiger partial charge on any atom is -0.495 e. The SMILES string of the molecule is COc1ccccc1N(C[C@@H](O)COc1ccccc1)S(=O)(=O)c1ccccc1. The number of methoxy groups -OCH3 is 1. The normalized spacial score (nSPS) is 12.2. The lowest BCUT2D eigenvalue weighted by molar-refractivity contribution is 0.115. The summed E-state index contributed by atoms with van der Waals surface area (Å²) in [6.07, 6.45) is -1.06. The molecule has 0 aliphatic heterocycles. The summed E-state index contributed by atoms with van der Waals surface area (Å²) in [7, 11) is -2.45. The minimum absolute atomic E-state index is 0.0556. The predicted molar refractivity (Wildman–Crippen MR) is 112 cm³/mol. The first kappa shape index (κ1) is 20.7. The zero-order chi connectivity index (χ0) is 20.7. The van der Waals surface area contributed by atoms with Crippen LogP contribution in [0.1, 0.15) is 0 Å². The second-order valence-corrected chi connectivity index (χ2v) is 8.16. The molecule has 0 aliphatic carbocycles. The molecule has 152 valence electrons. The molecule has 6 nitrogen and oxygen atoms in total. The van der Waals surface area contributed by atoms with Gasteiger partial charge in [0.2, 0.25) is 0 Å². The van der Waals surface area contributed by atoms with E-state index in [1.807, 2.05) is 18.2 Å². The van der Waals surface area contributed by atoms with Crippen molar-refractivity contribution >= 4 is 15.7 Å². The zero-order valence-corrected chi connectivity index (χ0v) is 16.8. The summed E-state index contributed by atoms with van der Waals surface area (Å²) < 4.78 is 38.7. The largest absolute Gasteiger partial charge is 0.495 e. The van der Waals surface area contributed by atoms with Crippen molar-refractivity contribution in [3.63, 3.8) is 0 Å². The average Bonchev–Trinajstić information content (AvgIpc) is 2.77. The van der Waals surface area contributed by atoms with Crippen molar-refractivity contribution in [1.82, 2.24) is 0 Å². The average molecular weight is 413 g/mol. The van der Waals surface area contributed by atoms with Crippen molar-refractivity contribution in [2.24, 2.45) is 0 Å². The van der Waals surface area contributed by atoms with E-state index in [1.54, 1.807) is 54.6 Å². The van der Waals surface area contributed by atoms with Gasteiger partial charge in [-0.05, 0) is 36.4 Å². The van der Waals surface area contributed by atoms with Crippen LogP contribution in [0.2, 0.25) is 0 Å². The summed E-state index contributed by atoms with van der Waals surface area (Å²) in [4.78, 5) is 0.127. The molecule has 3 aromatic carbocycles. The van der Waals surface area contributed by atoms with Gasteiger partial charge in [0.25, 0.3) is 10.0 Å².